The molecule has 1 aromatic carbocycles. The van der Waals surface area contributed by atoms with Gasteiger partial charge in [0.15, 0.2) is 0 Å². The molecule has 0 aliphatic carbocycles. The van der Waals surface area contributed by atoms with Crippen LogP contribution in [0.1, 0.15) is 28.2 Å². The smallest absolute Gasteiger partial charge is 0.111 e. The van der Waals surface area contributed by atoms with Crippen LogP contribution in [0.2, 0.25) is 0 Å². The van der Waals surface area contributed by atoms with E-state index in [1.54, 1.807) is 11.3 Å². The Morgan fingerprint density at radius 2 is 2.00 bits per heavy atom. The molecular weight excluding hydrogens is 266 g/mol. The molecule has 0 spiro atoms. The van der Waals surface area contributed by atoms with Gasteiger partial charge >= 0.3 is 0 Å². The van der Waals surface area contributed by atoms with Crippen LogP contribution in [-0.2, 0) is 12.1 Å². The SMILES string of the molecule is Cc1ccc(C2(O)CCCN(Cc3ccccc3)C2)s1. The Balaban J connectivity index is 1.73. The first-order chi connectivity index (χ1) is 9.66. The summed E-state index contributed by atoms with van der Waals surface area (Å²) in [5.41, 5.74) is 0.658. The molecular formula is C17H21NOS. The standard InChI is InChI=1S/C17H21NOS/c1-14-8-9-16(20-14)17(19)10-5-11-18(13-17)12-15-6-3-2-4-7-15/h2-4,6-9,19H,5,10-13H2,1H3. The Morgan fingerprint density at radius 1 is 1.20 bits per heavy atom. The van der Waals surface area contributed by atoms with E-state index in [1.807, 2.05) is 6.07 Å². The molecule has 1 atom stereocenters. The van der Waals surface area contributed by atoms with Crippen LogP contribution < -0.4 is 0 Å². The van der Waals surface area contributed by atoms with E-state index in [-0.39, 0.29) is 0 Å². The van der Waals surface area contributed by atoms with E-state index < -0.39 is 5.60 Å². The van der Waals surface area contributed by atoms with Crippen LogP contribution in [0, 0.1) is 6.92 Å². The number of aliphatic hydroxyl groups is 1. The number of rotatable bonds is 3. The summed E-state index contributed by atoms with van der Waals surface area (Å²) in [6, 6.07) is 14.7. The van der Waals surface area contributed by atoms with Gasteiger partial charge in [0.1, 0.15) is 5.60 Å². The normalized spacial score (nSPS) is 23.9. The van der Waals surface area contributed by atoms with Gasteiger partial charge in [-0.2, -0.15) is 0 Å². The number of likely N-dealkylation sites (tertiary alicyclic amines) is 1. The van der Waals surface area contributed by atoms with E-state index in [9.17, 15) is 5.11 Å². The van der Waals surface area contributed by atoms with Gasteiger partial charge < -0.3 is 5.11 Å². The molecule has 0 amide bonds. The first-order valence-electron chi connectivity index (χ1n) is 7.21. The van der Waals surface area contributed by atoms with Gasteiger partial charge in [-0.15, -0.1) is 11.3 Å². The van der Waals surface area contributed by atoms with Crippen molar-refractivity contribution in [2.24, 2.45) is 0 Å². The summed E-state index contributed by atoms with van der Waals surface area (Å²) in [6.45, 7) is 4.83. The first kappa shape index (κ1) is 13.8. The number of hydrogen-bond acceptors (Lipinski definition) is 3. The van der Waals surface area contributed by atoms with Crippen molar-refractivity contribution < 1.29 is 5.11 Å². The summed E-state index contributed by atoms with van der Waals surface area (Å²) in [6.07, 6.45) is 1.93. The summed E-state index contributed by atoms with van der Waals surface area (Å²) in [7, 11) is 0. The molecule has 0 saturated carbocycles. The highest BCUT2D eigenvalue weighted by molar-refractivity contribution is 7.12. The van der Waals surface area contributed by atoms with Gasteiger partial charge in [-0.25, -0.2) is 0 Å². The molecule has 1 saturated heterocycles. The molecule has 2 nitrogen and oxygen atoms in total. The van der Waals surface area contributed by atoms with Crippen LogP contribution >= 0.6 is 11.3 Å². The first-order valence-corrected chi connectivity index (χ1v) is 8.03. The van der Waals surface area contributed by atoms with Crippen LogP contribution in [0.5, 0.6) is 0 Å². The van der Waals surface area contributed by atoms with Gasteiger partial charge in [-0.3, -0.25) is 4.90 Å². The van der Waals surface area contributed by atoms with Crippen molar-refractivity contribution in [1.29, 1.82) is 0 Å². The summed E-state index contributed by atoms with van der Waals surface area (Å²) in [5, 5.41) is 11.0. The Hall–Kier alpha value is -1.16. The van der Waals surface area contributed by atoms with Crippen molar-refractivity contribution in [3.8, 4) is 0 Å². The topological polar surface area (TPSA) is 23.5 Å². The van der Waals surface area contributed by atoms with Gasteiger partial charge in [-0.1, -0.05) is 30.3 Å². The van der Waals surface area contributed by atoms with Gasteiger partial charge in [0.2, 0.25) is 0 Å². The molecule has 1 unspecified atom stereocenters. The Bertz CT molecular complexity index is 565. The van der Waals surface area contributed by atoms with Crippen molar-refractivity contribution in [3.05, 3.63) is 57.8 Å². The highest BCUT2D eigenvalue weighted by Crippen LogP contribution is 2.36. The lowest BCUT2D eigenvalue weighted by Gasteiger charge is -2.38. The Labute approximate surface area is 124 Å². The fourth-order valence-corrected chi connectivity index (χ4v) is 3.96. The average Bonchev–Trinajstić information content (AvgIpc) is 2.88. The number of hydrogen-bond donors (Lipinski definition) is 1. The molecule has 2 heterocycles. The Morgan fingerprint density at radius 3 is 2.70 bits per heavy atom. The third kappa shape index (κ3) is 2.95. The van der Waals surface area contributed by atoms with Crippen molar-refractivity contribution in [3.63, 3.8) is 0 Å². The third-order valence-electron chi connectivity index (χ3n) is 4.00. The highest BCUT2D eigenvalue weighted by atomic mass is 32.1. The van der Waals surface area contributed by atoms with Crippen LogP contribution in [0.25, 0.3) is 0 Å². The summed E-state index contributed by atoms with van der Waals surface area (Å²) in [5.74, 6) is 0. The number of aryl methyl sites for hydroxylation is 1. The molecule has 1 aromatic heterocycles. The molecule has 1 N–H and O–H groups in total. The maximum absolute atomic E-state index is 11.0. The predicted molar refractivity (Wildman–Crippen MR) is 83.9 cm³/mol. The Kier molecular flexibility index (Phi) is 3.92. The molecule has 3 rings (SSSR count). The van der Waals surface area contributed by atoms with E-state index in [2.05, 4.69) is 48.2 Å². The molecule has 0 radical (unpaired) electrons. The fourth-order valence-electron chi connectivity index (χ4n) is 2.99. The molecule has 3 heteroatoms. The fraction of sp³-hybridized carbons (Fsp3) is 0.412. The number of nitrogens with zero attached hydrogens (tertiary/aromatic N) is 1. The second-order valence-corrected chi connectivity index (χ2v) is 7.03. The number of thiophene rings is 1. The summed E-state index contributed by atoms with van der Waals surface area (Å²) >= 11 is 1.72. The molecule has 1 aliphatic heterocycles. The number of piperidine rings is 1. The molecule has 2 aromatic rings. The predicted octanol–water partition coefficient (Wildman–Crippen LogP) is 3.54. The van der Waals surface area contributed by atoms with Gasteiger partial charge in [0.25, 0.3) is 0 Å². The second-order valence-electron chi connectivity index (χ2n) is 5.74. The largest absolute Gasteiger partial charge is 0.383 e. The summed E-state index contributed by atoms with van der Waals surface area (Å²) in [4.78, 5) is 4.76. The van der Waals surface area contributed by atoms with E-state index in [4.69, 9.17) is 0 Å². The van der Waals surface area contributed by atoms with E-state index in [1.165, 1.54) is 10.4 Å². The summed E-state index contributed by atoms with van der Waals surface area (Å²) < 4.78 is 0. The zero-order valence-electron chi connectivity index (χ0n) is 11.9. The van der Waals surface area contributed by atoms with Crippen molar-refractivity contribution in [1.82, 2.24) is 4.90 Å². The van der Waals surface area contributed by atoms with E-state index in [0.29, 0.717) is 0 Å². The van der Waals surface area contributed by atoms with Crippen LogP contribution in [0.4, 0.5) is 0 Å². The maximum atomic E-state index is 11.0. The number of benzene rings is 1. The third-order valence-corrected chi connectivity index (χ3v) is 5.19. The van der Waals surface area contributed by atoms with Crippen LogP contribution in [-0.4, -0.2) is 23.1 Å². The van der Waals surface area contributed by atoms with Crippen molar-refractivity contribution in [2.75, 3.05) is 13.1 Å². The zero-order valence-corrected chi connectivity index (χ0v) is 12.7. The molecule has 1 aliphatic rings. The van der Waals surface area contributed by atoms with Gasteiger partial charge in [-0.05, 0) is 44.0 Å². The minimum atomic E-state index is -0.661. The molecule has 20 heavy (non-hydrogen) atoms. The minimum absolute atomic E-state index is 0.661. The van der Waals surface area contributed by atoms with Gasteiger partial charge in [0, 0.05) is 22.8 Å². The molecule has 106 valence electrons. The van der Waals surface area contributed by atoms with E-state index >= 15 is 0 Å². The lowest BCUT2D eigenvalue weighted by Crippen LogP contribution is -2.45. The lowest BCUT2D eigenvalue weighted by molar-refractivity contribution is -0.0353. The van der Waals surface area contributed by atoms with Gasteiger partial charge in [0.05, 0.1) is 0 Å². The van der Waals surface area contributed by atoms with Crippen LogP contribution in [0.15, 0.2) is 42.5 Å². The zero-order chi connectivity index (χ0) is 14.0. The minimum Gasteiger partial charge on any atom is -0.383 e. The van der Waals surface area contributed by atoms with E-state index in [0.717, 1.165) is 37.4 Å². The molecule has 1 fully saturated rings. The highest BCUT2D eigenvalue weighted by Gasteiger charge is 2.35. The van der Waals surface area contributed by atoms with Crippen LogP contribution in [0.3, 0.4) is 0 Å². The second kappa shape index (κ2) is 5.68. The van der Waals surface area contributed by atoms with Crippen molar-refractivity contribution >= 4 is 11.3 Å². The quantitative estimate of drug-likeness (QED) is 0.933. The molecule has 0 bridgehead atoms. The lowest BCUT2D eigenvalue weighted by atomic mass is 9.91. The maximum Gasteiger partial charge on any atom is 0.111 e. The average molecular weight is 287 g/mol. The van der Waals surface area contributed by atoms with Crippen molar-refractivity contribution in [2.45, 2.75) is 31.9 Å². The monoisotopic (exact) mass is 287 g/mol. The number of β-amino-alcohol motifs (C(OH)–C–C–N with tert-alkyl or cyclic N) is 1.